The number of nitrogens with one attached hydrogen (secondary N) is 2. The molecule has 2 aromatic rings. The lowest BCUT2D eigenvalue weighted by Crippen LogP contribution is -2.45. The number of rotatable bonds is 6. The van der Waals surface area contributed by atoms with Gasteiger partial charge in [-0.1, -0.05) is 30.3 Å². The fraction of sp³-hybridized carbons (Fsp3) is 0.391. The first-order valence-corrected chi connectivity index (χ1v) is 10.1. The Kier molecular flexibility index (Phi) is 9.42. The van der Waals surface area contributed by atoms with Gasteiger partial charge in [-0.05, 0) is 24.6 Å². The zero-order valence-electron chi connectivity index (χ0n) is 18.5. The van der Waals surface area contributed by atoms with E-state index in [0.717, 1.165) is 34.6 Å². The van der Waals surface area contributed by atoms with Gasteiger partial charge in [-0.3, -0.25) is 4.79 Å². The summed E-state index contributed by atoms with van der Waals surface area (Å²) in [6.45, 7) is 3.25. The van der Waals surface area contributed by atoms with Crippen molar-refractivity contribution in [3.05, 3.63) is 59.2 Å². The topological polar surface area (TPSA) is 75.2 Å². The first-order valence-electron chi connectivity index (χ1n) is 10.1. The van der Waals surface area contributed by atoms with Crippen molar-refractivity contribution in [1.82, 2.24) is 15.5 Å². The van der Waals surface area contributed by atoms with Gasteiger partial charge in [0.2, 0.25) is 5.91 Å². The summed E-state index contributed by atoms with van der Waals surface area (Å²) in [6.07, 6.45) is 0.813. The lowest BCUT2D eigenvalue weighted by Gasteiger charge is -2.28. The number of hydrogen-bond donors (Lipinski definition) is 2. The molecule has 2 aromatic carbocycles. The molecule has 31 heavy (non-hydrogen) atoms. The van der Waals surface area contributed by atoms with Crippen molar-refractivity contribution in [2.24, 2.45) is 4.99 Å². The number of carbonyl (C=O) groups excluding carboxylic acids is 1. The van der Waals surface area contributed by atoms with Crippen LogP contribution in [-0.2, 0) is 11.3 Å². The Labute approximate surface area is 201 Å². The maximum Gasteiger partial charge on any atom is 0.241 e. The van der Waals surface area contributed by atoms with E-state index in [-0.39, 0.29) is 42.5 Å². The highest BCUT2D eigenvalue weighted by Gasteiger charge is 2.22. The molecule has 1 unspecified atom stereocenters. The molecule has 1 amide bonds. The van der Waals surface area contributed by atoms with E-state index in [1.54, 1.807) is 26.1 Å². The van der Waals surface area contributed by atoms with E-state index < -0.39 is 0 Å². The van der Waals surface area contributed by atoms with Crippen molar-refractivity contribution in [1.29, 1.82) is 0 Å². The van der Waals surface area contributed by atoms with Crippen molar-refractivity contribution >= 4 is 35.8 Å². The van der Waals surface area contributed by atoms with Crippen LogP contribution in [0.4, 0.5) is 0 Å². The van der Waals surface area contributed by atoms with Crippen LogP contribution in [0.15, 0.2) is 47.5 Å². The van der Waals surface area contributed by atoms with Gasteiger partial charge in [0, 0.05) is 31.6 Å². The minimum atomic E-state index is -0.0233. The number of amides is 1. The summed E-state index contributed by atoms with van der Waals surface area (Å²) in [6, 6.07) is 14.1. The van der Waals surface area contributed by atoms with Gasteiger partial charge in [0.25, 0.3) is 0 Å². The van der Waals surface area contributed by atoms with Gasteiger partial charge >= 0.3 is 0 Å². The molecule has 0 spiro atoms. The average Bonchev–Trinajstić information content (AvgIpc) is 2.75. The largest absolute Gasteiger partial charge is 0.496 e. The predicted molar refractivity (Wildman–Crippen MR) is 133 cm³/mol. The Bertz CT molecular complexity index is 917. The van der Waals surface area contributed by atoms with Gasteiger partial charge in [-0.25, -0.2) is 4.99 Å². The number of aliphatic imine (C=N–C) groups is 1. The molecule has 1 atom stereocenters. The number of likely N-dealkylation sites (N-methyl/N-ethyl adjacent to an activating group) is 1. The summed E-state index contributed by atoms with van der Waals surface area (Å²) in [5.41, 5.74) is 3.20. The molecule has 2 N–H and O–H groups in total. The van der Waals surface area contributed by atoms with Crippen LogP contribution in [-0.4, -0.2) is 51.1 Å². The number of halogens is 1. The monoisotopic (exact) mass is 538 g/mol. The Hall–Kier alpha value is -2.49. The standard InChI is InChI=1S/C23H30N4O3.HI/c1-16-9-10-17(21(13-16)29-4)14-24-23(25-15-22(28)27(2)3)26-19-11-12-30-20-8-6-5-7-18(19)20;/h5-10,13,19H,11-12,14-15H2,1-4H3,(H2,24,25,26);1H. The lowest BCUT2D eigenvalue weighted by molar-refractivity contribution is -0.127. The molecule has 1 aliphatic rings. The number of methoxy groups -OCH3 is 1. The number of para-hydroxylation sites is 1. The number of carbonyl (C=O) groups is 1. The predicted octanol–water partition coefficient (Wildman–Crippen LogP) is 3.27. The summed E-state index contributed by atoms with van der Waals surface area (Å²) in [7, 11) is 5.13. The molecule has 8 heteroatoms. The smallest absolute Gasteiger partial charge is 0.241 e. The quantitative estimate of drug-likeness (QED) is 0.336. The Morgan fingerprint density at radius 1 is 1.26 bits per heavy atom. The fourth-order valence-corrected chi connectivity index (χ4v) is 3.27. The molecule has 0 bridgehead atoms. The molecule has 7 nitrogen and oxygen atoms in total. The van der Waals surface area contributed by atoms with E-state index >= 15 is 0 Å². The second-order valence-electron chi connectivity index (χ2n) is 7.49. The highest BCUT2D eigenvalue weighted by molar-refractivity contribution is 14.0. The highest BCUT2D eigenvalue weighted by atomic mass is 127. The van der Waals surface area contributed by atoms with Crippen LogP contribution in [0.3, 0.4) is 0 Å². The van der Waals surface area contributed by atoms with Crippen LogP contribution in [0.5, 0.6) is 11.5 Å². The van der Waals surface area contributed by atoms with E-state index in [0.29, 0.717) is 19.1 Å². The third-order valence-corrected chi connectivity index (χ3v) is 5.03. The third kappa shape index (κ3) is 6.75. The van der Waals surface area contributed by atoms with E-state index in [1.807, 2.05) is 43.3 Å². The van der Waals surface area contributed by atoms with E-state index in [9.17, 15) is 4.79 Å². The number of fused-ring (bicyclic) bond motifs is 1. The van der Waals surface area contributed by atoms with Crippen LogP contribution in [0.1, 0.15) is 29.2 Å². The van der Waals surface area contributed by atoms with Crippen molar-refractivity contribution in [2.75, 3.05) is 34.4 Å². The molecule has 168 valence electrons. The van der Waals surface area contributed by atoms with Crippen LogP contribution >= 0.6 is 24.0 Å². The molecule has 0 saturated heterocycles. The fourth-order valence-electron chi connectivity index (χ4n) is 3.27. The normalized spacial score (nSPS) is 15.1. The molecule has 0 aromatic heterocycles. The van der Waals surface area contributed by atoms with Crippen LogP contribution < -0.4 is 20.1 Å². The molecule has 0 aliphatic carbocycles. The van der Waals surface area contributed by atoms with Gasteiger partial charge in [-0.15, -0.1) is 24.0 Å². The van der Waals surface area contributed by atoms with Gasteiger partial charge in [-0.2, -0.15) is 0 Å². The Morgan fingerprint density at radius 3 is 2.77 bits per heavy atom. The number of hydrogen-bond acceptors (Lipinski definition) is 4. The maximum absolute atomic E-state index is 12.1. The maximum atomic E-state index is 12.1. The zero-order chi connectivity index (χ0) is 21.5. The molecule has 0 saturated carbocycles. The number of guanidine groups is 1. The average molecular weight is 538 g/mol. The number of benzene rings is 2. The zero-order valence-corrected chi connectivity index (χ0v) is 20.8. The van der Waals surface area contributed by atoms with Crippen molar-refractivity contribution in [3.63, 3.8) is 0 Å². The van der Waals surface area contributed by atoms with Gasteiger partial charge < -0.3 is 25.0 Å². The van der Waals surface area contributed by atoms with Crippen LogP contribution in [0.25, 0.3) is 0 Å². The molecular weight excluding hydrogens is 507 g/mol. The molecule has 3 rings (SSSR count). The molecule has 1 aliphatic heterocycles. The van der Waals surface area contributed by atoms with Gasteiger partial charge in [0.15, 0.2) is 5.96 Å². The third-order valence-electron chi connectivity index (χ3n) is 5.03. The molecule has 1 heterocycles. The highest BCUT2D eigenvalue weighted by Crippen LogP contribution is 2.31. The molecule has 0 fully saturated rings. The Balaban J connectivity index is 0.00000341. The van der Waals surface area contributed by atoms with E-state index in [4.69, 9.17) is 14.5 Å². The van der Waals surface area contributed by atoms with E-state index in [1.165, 1.54) is 0 Å². The number of nitrogens with zero attached hydrogens (tertiary/aromatic N) is 2. The lowest BCUT2D eigenvalue weighted by atomic mass is 10.0. The Morgan fingerprint density at radius 2 is 2.03 bits per heavy atom. The van der Waals surface area contributed by atoms with Crippen LogP contribution in [0.2, 0.25) is 0 Å². The van der Waals surface area contributed by atoms with Gasteiger partial charge in [0.05, 0.1) is 32.8 Å². The van der Waals surface area contributed by atoms with Crippen molar-refractivity contribution < 1.29 is 14.3 Å². The number of ether oxygens (including phenoxy) is 2. The van der Waals surface area contributed by atoms with Gasteiger partial charge in [0.1, 0.15) is 11.5 Å². The minimum Gasteiger partial charge on any atom is -0.496 e. The second-order valence-corrected chi connectivity index (χ2v) is 7.49. The minimum absolute atomic E-state index is 0. The summed E-state index contributed by atoms with van der Waals surface area (Å²) < 4.78 is 11.3. The van der Waals surface area contributed by atoms with Crippen molar-refractivity contribution in [2.45, 2.75) is 25.9 Å². The summed E-state index contributed by atoms with van der Waals surface area (Å²) >= 11 is 0. The SMILES string of the molecule is COc1cc(C)ccc1CN=C(NCC(=O)N(C)C)NC1CCOc2ccccc21.I. The van der Waals surface area contributed by atoms with Crippen molar-refractivity contribution in [3.8, 4) is 11.5 Å². The summed E-state index contributed by atoms with van der Waals surface area (Å²) in [5.74, 6) is 2.24. The van der Waals surface area contributed by atoms with Crippen LogP contribution in [0, 0.1) is 6.92 Å². The number of aryl methyl sites for hydroxylation is 1. The second kappa shape index (κ2) is 11.8. The summed E-state index contributed by atoms with van der Waals surface area (Å²) in [4.78, 5) is 18.4. The first kappa shape index (κ1) is 24.8. The molecular formula is C23H31IN4O3. The summed E-state index contributed by atoms with van der Waals surface area (Å²) in [5, 5.41) is 6.64. The molecule has 0 radical (unpaired) electrons. The van der Waals surface area contributed by atoms with E-state index in [2.05, 4.69) is 16.7 Å². The first-order chi connectivity index (χ1) is 14.5.